The molecule has 19 heavy (non-hydrogen) atoms. The predicted molar refractivity (Wildman–Crippen MR) is 73.4 cm³/mol. The molecule has 1 atom stereocenters. The number of halogens is 1. The van der Waals surface area contributed by atoms with Gasteiger partial charge in [-0.05, 0) is 30.0 Å². The van der Waals surface area contributed by atoms with Crippen molar-refractivity contribution in [2.24, 2.45) is 5.73 Å². The molecule has 0 aliphatic heterocycles. The molecule has 3 aromatic rings. The van der Waals surface area contributed by atoms with Gasteiger partial charge in [-0.15, -0.1) is 0 Å². The van der Waals surface area contributed by atoms with Gasteiger partial charge >= 0.3 is 0 Å². The van der Waals surface area contributed by atoms with Crippen LogP contribution in [-0.2, 0) is 0 Å². The van der Waals surface area contributed by atoms with E-state index in [1.165, 1.54) is 6.07 Å². The highest BCUT2D eigenvalue weighted by Gasteiger charge is 2.16. The summed E-state index contributed by atoms with van der Waals surface area (Å²) in [5.74, 6) is 0.566. The third-order valence-corrected chi connectivity index (χ3v) is 3.47. The lowest BCUT2D eigenvalue weighted by Gasteiger charge is -2.14. The molecule has 2 aromatic carbocycles. The molecule has 1 unspecified atom stereocenters. The molecule has 0 saturated carbocycles. The minimum atomic E-state index is -0.316. The summed E-state index contributed by atoms with van der Waals surface area (Å²) in [6, 6.07) is 12.1. The molecule has 1 heterocycles. The largest absolute Gasteiger partial charge is 0.469 e. The summed E-state index contributed by atoms with van der Waals surface area (Å²) in [5, 5.41) is 1.44. The Balaban J connectivity index is 2.21. The second-order valence-corrected chi connectivity index (χ2v) is 4.59. The van der Waals surface area contributed by atoms with Gasteiger partial charge in [0.05, 0.1) is 12.3 Å². The first-order valence-electron chi connectivity index (χ1n) is 6.15. The smallest absolute Gasteiger partial charge is 0.131 e. The average molecular weight is 255 g/mol. The van der Waals surface area contributed by atoms with Crippen molar-refractivity contribution in [3.8, 4) is 0 Å². The first-order chi connectivity index (χ1) is 9.18. The summed E-state index contributed by atoms with van der Waals surface area (Å²) >= 11 is 0. The molecule has 0 fully saturated rings. The molecule has 0 amide bonds. The highest BCUT2D eigenvalue weighted by atomic mass is 19.1. The Labute approximate surface area is 110 Å². The molecular weight excluding hydrogens is 241 g/mol. The zero-order chi connectivity index (χ0) is 13.4. The van der Waals surface area contributed by atoms with Crippen LogP contribution in [-0.4, -0.2) is 0 Å². The minimum Gasteiger partial charge on any atom is -0.469 e. The maximum Gasteiger partial charge on any atom is 0.131 e. The van der Waals surface area contributed by atoms with Gasteiger partial charge in [-0.1, -0.05) is 30.3 Å². The van der Waals surface area contributed by atoms with E-state index in [0.717, 1.165) is 22.3 Å². The first-order valence-corrected chi connectivity index (χ1v) is 6.15. The van der Waals surface area contributed by atoms with Crippen LogP contribution < -0.4 is 5.73 Å². The number of nitrogens with two attached hydrogens (primary N) is 1. The van der Waals surface area contributed by atoms with Gasteiger partial charge in [-0.25, -0.2) is 4.39 Å². The van der Waals surface area contributed by atoms with E-state index in [1.807, 2.05) is 31.2 Å². The van der Waals surface area contributed by atoms with Crippen molar-refractivity contribution in [1.29, 1.82) is 0 Å². The van der Waals surface area contributed by atoms with Crippen LogP contribution in [0.25, 0.3) is 10.8 Å². The highest BCUT2D eigenvalue weighted by Crippen LogP contribution is 2.30. The number of benzene rings is 2. The van der Waals surface area contributed by atoms with E-state index in [0.29, 0.717) is 5.39 Å². The average Bonchev–Trinajstić information content (AvgIpc) is 2.85. The fourth-order valence-corrected chi connectivity index (χ4v) is 2.44. The second-order valence-electron chi connectivity index (χ2n) is 4.59. The van der Waals surface area contributed by atoms with E-state index in [9.17, 15) is 4.39 Å². The molecule has 0 bridgehead atoms. The van der Waals surface area contributed by atoms with Crippen LogP contribution >= 0.6 is 0 Å². The van der Waals surface area contributed by atoms with Crippen molar-refractivity contribution in [3.63, 3.8) is 0 Å². The third kappa shape index (κ3) is 1.92. The Morgan fingerprint density at radius 3 is 2.42 bits per heavy atom. The summed E-state index contributed by atoms with van der Waals surface area (Å²) < 4.78 is 19.1. The molecule has 0 saturated heterocycles. The van der Waals surface area contributed by atoms with Crippen LogP contribution in [0.1, 0.15) is 22.9 Å². The van der Waals surface area contributed by atoms with Gasteiger partial charge in [-0.3, -0.25) is 0 Å². The van der Waals surface area contributed by atoms with E-state index in [1.54, 1.807) is 18.4 Å². The normalized spacial score (nSPS) is 12.8. The molecule has 0 spiro atoms. The second kappa shape index (κ2) is 4.52. The SMILES string of the molecule is Cc1occc1C(N)c1ccc(F)c2ccccc12. The van der Waals surface area contributed by atoms with Crippen molar-refractivity contribution in [2.45, 2.75) is 13.0 Å². The number of rotatable bonds is 2. The van der Waals surface area contributed by atoms with Crippen molar-refractivity contribution in [3.05, 3.63) is 71.4 Å². The lowest BCUT2D eigenvalue weighted by Crippen LogP contribution is -2.12. The van der Waals surface area contributed by atoms with E-state index in [2.05, 4.69) is 0 Å². The predicted octanol–water partition coefficient (Wildman–Crippen LogP) is 3.93. The fourth-order valence-electron chi connectivity index (χ4n) is 2.44. The van der Waals surface area contributed by atoms with Gasteiger partial charge in [0.2, 0.25) is 0 Å². The van der Waals surface area contributed by atoms with Gasteiger partial charge in [0.15, 0.2) is 0 Å². The zero-order valence-electron chi connectivity index (χ0n) is 10.6. The molecule has 0 radical (unpaired) electrons. The molecule has 1 aromatic heterocycles. The molecule has 3 heteroatoms. The van der Waals surface area contributed by atoms with Crippen molar-refractivity contribution in [1.82, 2.24) is 0 Å². The maximum absolute atomic E-state index is 13.8. The molecule has 96 valence electrons. The highest BCUT2D eigenvalue weighted by molar-refractivity contribution is 5.87. The van der Waals surface area contributed by atoms with Crippen LogP contribution in [0.3, 0.4) is 0 Å². The fraction of sp³-hybridized carbons (Fsp3) is 0.125. The van der Waals surface area contributed by atoms with Crippen LogP contribution in [0, 0.1) is 12.7 Å². The summed E-state index contributed by atoms with van der Waals surface area (Å²) in [6.07, 6.45) is 1.62. The first kappa shape index (κ1) is 11.9. The minimum absolute atomic E-state index is 0.226. The van der Waals surface area contributed by atoms with E-state index < -0.39 is 0 Å². The Morgan fingerprint density at radius 1 is 1.00 bits per heavy atom. The zero-order valence-corrected chi connectivity index (χ0v) is 10.6. The van der Waals surface area contributed by atoms with Gasteiger partial charge in [-0.2, -0.15) is 0 Å². The monoisotopic (exact) mass is 255 g/mol. The Morgan fingerprint density at radius 2 is 1.74 bits per heavy atom. The van der Waals surface area contributed by atoms with Gasteiger partial charge < -0.3 is 10.2 Å². The molecule has 3 rings (SSSR count). The van der Waals surface area contributed by atoms with Gasteiger partial charge in [0.1, 0.15) is 11.6 Å². The summed E-state index contributed by atoms with van der Waals surface area (Å²) in [5.41, 5.74) is 8.13. The molecular formula is C16H14FNO. The topological polar surface area (TPSA) is 39.2 Å². The van der Waals surface area contributed by atoms with Crippen molar-refractivity contribution >= 4 is 10.8 Å². The Hall–Kier alpha value is -2.13. The summed E-state index contributed by atoms with van der Waals surface area (Å²) in [7, 11) is 0. The van der Waals surface area contributed by atoms with Crippen LogP contribution in [0.15, 0.2) is 53.1 Å². The number of fused-ring (bicyclic) bond motifs is 1. The summed E-state index contributed by atoms with van der Waals surface area (Å²) in [6.45, 7) is 1.88. The quantitative estimate of drug-likeness (QED) is 0.753. The summed E-state index contributed by atoms with van der Waals surface area (Å²) in [4.78, 5) is 0. The van der Waals surface area contributed by atoms with E-state index in [-0.39, 0.29) is 11.9 Å². The van der Waals surface area contributed by atoms with Crippen molar-refractivity contribution in [2.75, 3.05) is 0 Å². The third-order valence-electron chi connectivity index (χ3n) is 3.47. The number of aryl methyl sites for hydroxylation is 1. The van der Waals surface area contributed by atoms with E-state index in [4.69, 9.17) is 10.2 Å². The van der Waals surface area contributed by atoms with Crippen molar-refractivity contribution < 1.29 is 8.81 Å². The van der Waals surface area contributed by atoms with Crippen LogP contribution in [0.2, 0.25) is 0 Å². The molecule has 0 aliphatic carbocycles. The lowest BCUT2D eigenvalue weighted by molar-refractivity contribution is 0.527. The van der Waals surface area contributed by atoms with Crippen LogP contribution in [0.4, 0.5) is 4.39 Å². The standard InChI is InChI=1S/C16H14FNO/c1-10-11(8-9-19-10)16(18)14-6-7-15(17)13-5-3-2-4-12(13)14/h2-9,16H,18H2,1H3. The molecule has 0 aliphatic rings. The van der Waals surface area contributed by atoms with Gasteiger partial charge in [0, 0.05) is 10.9 Å². The molecule has 2 N–H and O–H groups in total. The Kier molecular flexibility index (Phi) is 2.84. The maximum atomic E-state index is 13.8. The van der Waals surface area contributed by atoms with E-state index >= 15 is 0 Å². The lowest BCUT2D eigenvalue weighted by atomic mass is 9.94. The molecule has 2 nitrogen and oxygen atoms in total. The number of hydrogen-bond acceptors (Lipinski definition) is 2. The number of hydrogen-bond donors (Lipinski definition) is 1. The van der Waals surface area contributed by atoms with Crippen LogP contribution in [0.5, 0.6) is 0 Å². The number of furan rings is 1. The van der Waals surface area contributed by atoms with Gasteiger partial charge in [0.25, 0.3) is 0 Å². The Bertz CT molecular complexity index is 732.